The van der Waals surface area contributed by atoms with Crippen molar-refractivity contribution in [1.29, 1.82) is 0 Å². The second-order valence-electron chi connectivity index (χ2n) is 16.1. The molecule has 0 bridgehead atoms. The third-order valence-corrected chi connectivity index (χ3v) is 11.0. The molecule has 0 radical (unpaired) electrons. The van der Waals surface area contributed by atoms with Crippen LogP contribution in [-0.4, -0.2) is 53.8 Å². The molecule has 0 aliphatic carbocycles. The molecule has 0 unspecified atom stereocenters. The van der Waals surface area contributed by atoms with E-state index in [1.165, 1.54) is 128 Å². The maximum atomic E-state index is 12.7. The number of carbonyl (C=O) groups is 2. The number of nitrogens with one attached hydrogen (secondary N) is 1. The van der Waals surface area contributed by atoms with Crippen LogP contribution in [-0.2, 0) is 9.53 Å². The maximum Gasteiger partial charge on any atom is 0.407 e. The maximum absolute atomic E-state index is 12.7. The molecule has 1 heterocycles. The standard InChI is InChI=1S/C49H88N2O4/c1-3-5-7-9-11-13-15-17-19-21-23-25-27-29-31-34-40-47(41-35-32-30-28-26-24-22-20-18-16-14-12-10-8-6-4-2)55-49(54)50-43-37-33-36-42-48(53)51-44-38-39-46(51)45-52/h11-14,17-20,46-47,52H,3-10,15-16,21-45H2,1-2H3,(H,50,54)/b13-11-,14-12-,19-17-,20-18-/t46-/m0/s1. The second-order valence-corrected chi connectivity index (χ2v) is 16.1. The van der Waals surface area contributed by atoms with Crippen LogP contribution in [0.1, 0.15) is 219 Å². The van der Waals surface area contributed by atoms with Crippen LogP contribution in [0.2, 0.25) is 0 Å². The second kappa shape index (κ2) is 39.9. The van der Waals surface area contributed by atoms with Crippen LogP contribution >= 0.6 is 0 Å². The highest BCUT2D eigenvalue weighted by atomic mass is 16.6. The fourth-order valence-corrected chi connectivity index (χ4v) is 7.44. The first-order chi connectivity index (χ1) is 27.1. The summed E-state index contributed by atoms with van der Waals surface area (Å²) in [6.45, 7) is 5.92. The zero-order valence-corrected chi connectivity index (χ0v) is 36.1. The number of aliphatic hydroxyl groups excluding tert-OH is 1. The van der Waals surface area contributed by atoms with Crippen LogP contribution in [0.15, 0.2) is 48.6 Å². The van der Waals surface area contributed by atoms with Gasteiger partial charge in [0.2, 0.25) is 5.91 Å². The molecule has 2 N–H and O–H groups in total. The van der Waals surface area contributed by atoms with E-state index in [0.717, 1.165) is 77.2 Å². The van der Waals surface area contributed by atoms with Gasteiger partial charge in [0.05, 0.1) is 12.6 Å². The lowest BCUT2D eigenvalue weighted by atomic mass is 10.0. The molecule has 0 aromatic rings. The number of aliphatic hydroxyl groups is 1. The summed E-state index contributed by atoms with van der Waals surface area (Å²) >= 11 is 0. The van der Waals surface area contributed by atoms with Crippen molar-refractivity contribution in [2.45, 2.75) is 231 Å². The van der Waals surface area contributed by atoms with Gasteiger partial charge < -0.3 is 20.1 Å². The lowest BCUT2D eigenvalue weighted by molar-refractivity contribution is -0.132. The molecule has 6 heteroatoms. The van der Waals surface area contributed by atoms with Crippen LogP contribution in [0.25, 0.3) is 0 Å². The lowest BCUT2D eigenvalue weighted by Gasteiger charge is -2.23. The summed E-state index contributed by atoms with van der Waals surface area (Å²) in [5.74, 6) is 0.153. The number of likely N-dealkylation sites (tertiary alicyclic amines) is 1. The van der Waals surface area contributed by atoms with E-state index in [2.05, 4.69) is 67.8 Å². The number of carbonyl (C=O) groups excluding carboxylic acids is 2. The number of alkyl carbamates (subject to hydrolysis) is 1. The molecule has 6 nitrogen and oxygen atoms in total. The minimum atomic E-state index is -0.288. The van der Waals surface area contributed by atoms with Crippen molar-refractivity contribution in [3.8, 4) is 0 Å². The molecule has 1 aliphatic rings. The molecule has 1 aliphatic heterocycles. The summed E-state index contributed by atoms with van der Waals surface area (Å²) in [6, 6.07) is 0.00188. The number of rotatable bonds is 38. The van der Waals surface area contributed by atoms with Crippen molar-refractivity contribution in [1.82, 2.24) is 10.2 Å². The number of ether oxygens (including phenoxy) is 1. The predicted molar refractivity (Wildman–Crippen MR) is 237 cm³/mol. The van der Waals surface area contributed by atoms with Gasteiger partial charge in [-0.25, -0.2) is 4.79 Å². The fraction of sp³-hybridized carbons (Fsp3) is 0.796. The predicted octanol–water partition coefficient (Wildman–Crippen LogP) is 14.0. The summed E-state index contributed by atoms with van der Waals surface area (Å²) in [6.07, 6.45) is 54.9. The van der Waals surface area contributed by atoms with Gasteiger partial charge in [-0.2, -0.15) is 0 Å². The Bertz CT molecular complexity index is 941. The van der Waals surface area contributed by atoms with Gasteiger partial charge in [-0.1, -0.05) is 146 Å². The van der Waals surface area contributed by atoms with Crippen molar-refractivity contribution in [3.05, 3.63) is 48.6 Å². The normalized spacial score (nSPS) is 14.9. The minimum absolute atomic E-state index is 0.00188. The Morgan fingerprint density at radius 2 is 1.07 bits per heavy atom. The quantitative estimate of drug-likeness (QED) is 0.0484. The Hall–Kier alpha value is -2.34. The molecule has 0 saturated carbocycles. The van der Waals surface area contributed by atoms with E-state index >= 15 is 0 Å². The fourth-order valence-electron chi connectivity index (χ4n) is 7.44. The third kappa shape index (κ3) is 32.4. The van der Waals surface area contributed by atoms with E-state index in [-0.39, 0.29) is 30.8 Å². The topological polar surface area (TPSA) is 78.9 Å². The summed E-state index contributed by atoms with van der Waals surface area (Å²) in [7, 11) is 0. The van der Waals surface area contributed by atoms with E-state index < -0.39 is 0 Å². The zero-order chi connectivity index (χ0) is 39.7. The van der Waals surface area contributed by atoms with Crippen molar-refractivity contribution in [2.24, 2.45) is 0 Å². The van der Waals surface area contributed by atoms with Gasteiger partial charge >= 0.3 is 6.09 Å². The molecule has 1 saturated heterocycles. The van der Waals surface area contributed by atoms with Crippen molar-refractivity contribution < 1.29 is 19.4 Å². The summed E-state index contributed by atoms with van der Waals surface area (Å²) in [5, 5.41) is 12.5. The average molecular weight is 769 g/mol. The van der Waals surface area contributed by atoms with Crippen LogP contribution < -0.4 is 5.32 Å². The third-order valence-electron chi connectivity index (χ3n) is 11.0. The van der Waals surface area contributed by atoms with Crippen LogP contribution in [0.5, 0.6) is 0 Å². The highest BCUT2D eigenvalue weighted by Gasteiger charge is 2.27. The Balaban J connectivity index is 2.25. The van der Waals surface area contributed by atoms with Gasteiger partial charge in [0.1, 0.15) is 6.10 Å². The first kappa shape index (κ1) is 50.7. The Kier molecular flexibility index (Phi) is 36.7. The van der Waals surface area contributed by atoms with Gasteiger partial charge in [0.25, 0.3) is 0 Å². The van der Waals surface area contributed by atoms with Crippen LogP contribution in [0.3, 0.4) is 0 Å². The molecule has 318 valence electrons. The van der Waals surface area contributed by atoms with Gasteiger partial charge in [0, 0.05) is 19.5 Å². The average Bonchev–Trinajstić information content (AvgIpc) is 3.68. The highest BCUT2D eigenvalue weighted by Crippen LogP contribution is 2.20. The molecule has 0 aromatic heterocycles. The van der Waals surface area contributed by atoms with E-state index in [1.54, 1.807) is 0 Å². The van der Waals surface area contributed by atoms with E-state index in [0.29, 0.717) is 13.0 Å². The van der Waals surface area contributed by atoms with E-state index in [9.17, 15) is 14.7 Å². The molecule has 1 fully saturated rings. The van der Waals surface area contributed by atoms with E-state index in [4.69, 9.17) is 4.74 Å². The van der Waals surface area contributed by atoms with Crippen molar-refractivity contribution in [2.75, 3.05) is 19.7 Å². The molecule has 0 aromatic carbocycles. The first-order valence-corrected chi connectivity index (χ1v) is 23.6. The molecular weight excluding hydrogens is 681 g/mol. The number of hydrogen-bond donors (Lipinski definition) is 2. The Labute approximate surface area is 340 Å². The Morgan fingerprint density at radius 3 is 1.56 bits per heavy atom. The van der Waals surface area contributed by atoms with E-state index in [1.807, 2.05) is 4.90 Å². The monoisotopic (exact) mass is 769 g/mol. The molecular formula is C49H88N2O4. The molecule has 1 rings (SSSR count). The lowest BCUT2D eigenvalue weighted by Crippen LogP contribution is -2.37. The summed E-state index contributed by atoms with van der Waals surface area (Å²) in [4.78, 5) is 27.1. The van der Waals surface area contributed by atoms with Crippen molar-refractivity contribution >= 4 is 12.0 Å². The largest absolute Gasteiger partial charge is 0.446 e. The van der Waals surface area contributed by atoms with Gasteiger partial charge in [-0.3, -0.25) is 4.79 Å². The first-order valence-electron chi connectivity index (χ1n) is 23.6. The molecule has 55 heavy (non-hydrogen) atoms. The smallest absolute Gasteiger partial charge is 0.407 e. The number of nitrogens with zero attached hydrogens (tertiary/aromatic N) is 1. The molecule has 0 spiro atoms. The zero-order valence-electron chi connectivity index (χ0n) is 36.1. The van der Waals surface area contributed by atoms with Gasteiger partial charge in [0.15, 0.2) is 0 Å². The van der Waals surface area contributed by atoms with Gasteiger partial charge in [-0.05, 0) is 116 Å². The van der Waals surface area contributed by atoms with Crippen LogP contribution in [0.4, 0.5) is 4.79 Å². The summed E-state index contributed by atoms with van der Waals surface area (Å²) < 4.78 is 5.98. The number of unbranched alkanes of at least 4 members (excludes halogenated alkanes) is 20. The van der Waals surface area contributed by atoms with Crippen molar-refractivity contribution in [3.63, 3.8) is 0 Å². The Morgan fingerprint density at radius 1 is 0.618 bits per heavy atom. The molecule has 1 atom stereocenters. The molecule has 2 amide bonds. The highest BCUT2D eigenvalue weighted by molar-refractivity contribution is 5.76. The minimum Gasteiger partial charge on any atom is -0.446 e. The number of amides is 2. The SMILES string of the molecule is CCCCC/C=C\C/C=C\CCCCCCCCC(CCCCCCCC/C=C\C/C=C\CCCCC)OC(=O)NCCCCCC(=O)N1CCC[C@H]1CO. The van der Waals surface area contributed by atoms with Crippen LogP contribution in [0, 0.1) is 0 Å². The van der Waals surface area contributed by atoms with Gasteiger partial charge in [-0.15, -0.1) is 0 Å². The number of hydrogen-bond acceptors (Lipinski definition) is 4. The number of allylic oxidation sites excluding steroid dienone is 8. The summed E-state index contributed by atoms with van der Waals surface area (Å²) in [5.41, 5.74) is 0.